The second-order valence-electron chi connectivity index (χ2n) is 5.83. The summed E-state index contributed by atoms with van der Waals surface area (Å²) in [7, 11) is 0. The zero-order valence-corrected chi connectivity index (χ0v) is 16.0. The molecule has 0 aliphatic carbocycles. The summed E-state index contributed by atoms with van der Waals surface area (Å²) in [5.41, 5.74) is 8.59. The summed E-state index contributed by atoms with van der Waals surface area (Å²) in [6, 6.07) is 12.5. The molecule has 0 unspecified atom stereocenters. The molecule has 1 aromatic carbocycles. The first-order valence-electron chi connectivity index (χ1n) is 7.69. The van der Waals surface area contributed by atoms with Crippen molar-refractivity contribution in [2.75, 3.05) is 5.73 Å². The van der Waals surface area contributed by atoms with Crippen molar-refractivity contribution in [3.8, 4) is 22.5 Å². The number of nitrogen functional groups attached to an aromatic ring is 1. The van der Waals surface area contributed by atoms with E-state index in [0.29, 0.717) is 22.0 Å². The molecule has 0 atom stereocenters. The Bertz CT molecular complexity index is 1000. The molecule has 5 nitrogen and oxygen atoms in total. The zero-order chi connectivity index (χ0) is 18.1. The number of benzene rings is 1. The Balaban J connectivity index is 2.30. The summed E-state index contributed by atoms with van der Waals surface area (Å²) >= 11 is 9.74. The summed E-state index contributed by atoms with van der Waals surface area (Å²) in [5, 5.41) is 4.82. The molecule has 0 amide bonds. The third-order valence-corrected chi connectivity index (χ3v) is 4.72. The largest absolute Gasteiger partial charge is 0.382 e. The zero-order valence-electron chi connectivity index (χ0n) is 13.7. The first-order valence-corrected chi connectivity index (χ1v) is 8.86. The van der Waals surface area contributed by atoms with Crippen LogP contribution < -0.4 is 11.3 Å². The lowest BCUT2D eigenvalue weighted by Crippen LogP contribution is -2.24. The highest BCUT2D eigenvalue weighted by molar-refractivity contribution is 9.10. The van der Waals surface area contributed by atoms with E-state index in [-0.39, 0.29) is 17.4 Å². The number of nitrogens with zero attached hydrogens (tertiary/aromatic N) is 3. The highest BCUT2D eigenvalue weighted by Crippen LogP contribution is 2.36. The molecule has 0 radical (unpaired) electrons. The van der Waals surface area contributed by atoms with Gasteiger partial charge in [0.05, 0.1) is 22.5 Å². The van der Waals surface area contributed by atoms with Crippen LogP contribution in [0.3, 0.4) is 0 Å². The van der Waals surface area contributed by atoms with Gasteiger partial charge in [-0.3, -0.25) is 4.79 Å². The molecule has 0 aliphatic rings. The molecular formula is C18H16BrClN4O. The van der Waals surface area contributed by atoms with Crippen molar-refractivity contribution in [1.82, 2.24) is 14.8 Å². The van der Waals surface area contributed by atoms with Crippen molar-refractivity contribution in [2.24, 2.45) is 0 Å². The number of hydrogen-bond acceptors (Lipinski definition) is 4. The highest BCUT2D eigenvalue weighted by atomic mass is 79.9. The molecule has 2 aromatic heterocycles. The summed E-state index contributed by atoms with van der Waals surface area (Å²) in [4.78, 5) is 16.5. The van der Waals surface area contributed by atoms with E-state index in [2.05, 4.69) is 26.0 Å². The number of anilines is 1. The van der Waals surface area contributed by atoms with Gasteiger partial charge in [-0.2, -0.15) is 5.10 Å². The fraction of sp³-hybridized carbons (Fsp3) is 0.167. The number of rotatable bonds is 3. The number of nitrogens with two attached hydrogens (primary N) is 1. The lowest BCUT2D eigenvalue weighted by Gasteiger charge is -2.14. The lowest BCUT2D eigenvalue weighted by atomic mass is 10.0. The average molecular weight is 420 g/mol. The minimum Gasteiger partial charge on any atom is -0.382 e. The molecule has 2 heterocycles. The number of pyridine rings is 1. The van der Waals surface area contributed by atoms with E-state index in [1.54, 1.807) is 12.1 Å². The molecule has 128 valence electrons. The predicted molar refractivity (Wildman–Crippen MR) is 105 cm³/mol. The van der Waals surface area contributed by atoms with Gasteiger partial charge >= 0.3 is 0 Å². The van der Waals surface area contributed by atoms with Gasteiger partial charge in [-0.05, 0) is 32.0 Å². The number of hydrogen-bond donors (Lipinski definition) is 1. The van der Waals surface area contributed by atoms with Crippen LogP contribution in [0.15, 0.2) is 51.7 Å². The third-order valence-electron chi connectivity index (χ3n) is 3.72. The van der Waals surface area contributed by atoms with E-state index in [1.165, 1.54) is 10.7 Å². The minimum absolute atomic E-state index is 0.0587. The van der Waals surface area contributed by atoms with Crippen LogP contribution in [0.25, 0.3) is 22.5 Å². The van der Waals surface area contributed by atoms with E-state index < -0.39 is 0 Å². The molecule has 0 aliphatic heterocycles. The molecule has 3 aromatic rings. The Morgan fingerprint density at radius 1 is 1.16 bits per heavy atom. The van der Waals surface area contributed by atoms with E-state index in [1.807, 2.05) is 38.1 Å². The van der Waals surface area contributed by atoms with Gasteiger partial charge in [0.2, 0.25) is 0 Å². The Kier molecular flexibility index (Phi) is 4.92. The van der Waals surface area contributed by atoms with Crippen LogP contribution >= 0.6 is 27.5 Å². The fourth-order valence-corrected chi connectivity index (χ4v) is 3.12. The van der Waals surface area contributed by atoms with Crippen LogP contribution in [0, 0.1) is 0 Å². The van der Waals surface area contributed by atoms with E-state index in [4.69, 9.17) is 17.3 Å². The number of halogens is 2. The summed E-state index contributed by atoms with van der Waals surface area (Å²) in [5.74, 6) is 0.244. The Morgan fingerprint density at radius 2 is 1.88 bits per heavy atom. The van der Waals surface area contributed by atoms with Crippen molar-refractivity contribution >= 4 is 33.3 Å². The molecular weight excluding hydrogens is 404 g/mol. The van der Waals surface area contributed by atoms with Gasteiger partial charge in [0.15, 0.2) is 0 Å². The van der Waals surface area contributed by atoms with Gasteiger partial charge in [-0.1, -0.05) is 45.7 Å². The van der Waals surface area contributed by atoms with Gasteiger partial charge in [-0.15, -0.1) is 0 Å². The van der Waals surface area contributed by atoms with E-state index in [0.717, 1.165) is 10.0 Å². The van der Waals surface area contributed by atoms with Gasteiger partial charge in [0.1, 0.15) is 5.82 Å². The highest BCUT2D eigenvalue weighted by Gasteiger charge is 2.17. The molecule has 0 saturated heterocycles. The molecule has 0 spiro atoms. The van der Waals surface area contributed by atoms with Crippen molar-refractivity contribution in [3.63, 3.8) is 0 Å². The van der Waals surface area contributed by atoms with Crippen LogP contribution in [0.4, 0.5) is 5.82 Å². The monoisotopic (exact) mass is 418 g/mol. The maximum Gasteiger partial charge on any atom is 0.267 e. The van der Waals surface area contributed by atoms with E-state index in [9.17, 15) is 4.79 Å². The smallest absolute Gasteiger partial charge is 0.267 e. The fourth-order valence-electron chi connectivity index (χ4n) is 2.50. The topological polar surface area (TPSA) is 73.8 Å². The maximum absolute atomic E-state index is 12.0. The maximum atomic E-state index is 12.0. The van der Waals surface area contributed by atoms with E-state index >= 15 is 0 Å². The molecule has 0 saturated carbocycles. The van der Waals surface area contributed by atoms with Crippen LogP contribution in [0.1, 0.15) is 19.9 Å². The Morgan fingerprint density at radius 3 is 2.56 bits per heavy atom. The second kappa shape index (κ2) is 6.98. The second-order valence-corrected chi connectivity index (χ2v) is 7.09. The SMILES string of the molecule is CC(C)n1nc(-c2cc(Cl)c(N)nc2-c2ccccc2Br)ccc1=O. The first-order chi connectivity index (χ1) is 11.9. The van der Waals surface area contributed by atoms with Crippen molar-refractivity contribution in [2.45, 2.75) is 19.9 Å². The summed E-state index contributed by atoms with van der Waals surface area (Å²) in [6.45, 7) is 3.81. The Labute approximate surface area is 158 Å². The lowest BCUT2D eigenvalue weighted by molar-refractivity contribution is 0.505. The van der Waals surface area contributed by atoms with Gasteiger partial charge in [-0.25, -0.2) is 9.67 Å². The average Bonchev–Trinajstić information content (AvgIpc) is 2.58. The third kappa shape index (κ3) is 3.45. The minimum atomic E-state index is -0.157. The van der Waals surface area contributed by atoms with Crippen molar-refractivity contribution in [1.29, 1.82) is 0 Å². The normalized spacial score (nSPS) is 11.1. The molecule has 25 heavy (non-hydrogen) atoms. The summed E-state index contributed by atoms with van der Waals surface area (Å²) in [6.07, 6.45) is 0. The number of aromatic nitrogens is 3. The van der Waals surface area contributed by atoms with Gasteiger partial charge in [0, 0.05) is 21.7 Å². The van der Waals surface area contributed by atoms with Crippen LogP contribution in [-0.2, 0) is 0 Å². The molecule has 3 rings (SSSR count). The van der Waals surface area contributed by atoms with Crippen LogP contribution in [-0.4, -0.2) is 14.8 Å². The van der Waals surface area contributed by atoms with Crippen molar-refractivity contribution in [3.05, 3.63) is 62.3 Å². The predicted octanol–water partition coefficient (Wildman–Crippen LogP) is 4.55. The van der Waals surface area contributed by atoms with Crippen LogP contribution in [0.2, 0.25) is 5.02 Å². The van der Waals surface area contributed by atoms with Gasteiger partial charge in [0.25, 0.3) is 5.56 Å². The Hall–Kier alpha value is -2.18. The summed E-state index contributed by atoms with van der Waals surface area (Å²) < 4.78 is 2.31. The molecule has 0 bridgehead atoms. The van der Waals surface area contributed by atoms with Gasteiger partial charge < -0.3 is 5.73 Å². The van der Waals surface area contributed by atoms with Crippen LogP contribution in [0.5, 0.6) is 0 Å². The van der Waals surface area contributed by atoms with Crippen molar-refractivity contribution < 1.29 is 0 Å². The molecule has 0 fully saturated rings. The molecule has 7 heteroatoms. The molecule has 2 N–H and O–H groups in total. The quantitative estimate of drug-likeness (QED) is 0.676. The standard InChI is InChI=1S/C18H16BrClN4O/c1-10(2)24-16(25)8-7-15(23-24)12-9-14(20)18(21)22-17(12)11-5-3-4-6-13(11)19/h3-10H,1-2H3,(H2,21,22). The first kappa shape index (κ1) is 17.6.